The maximum absolute atomic E-state index is 5.51. The molecule has 102 valence electrons. The van der Waals surface area contributed by atoms with Crippen molar-refractivity contribution >= 4 is 5.82 Å². The molecule has 1 N–H and O–H groups in total. The SMILES string of the molecule is CCNc1nc(C(OC)C(C)C)nc(C)c1CC. The molecular weight excluding hydrogens is 226 g/mol. The lowest BCUT2D eigenvalue weighted by Gasteiger charge is -2.20. The monoisotopic (exact) mass is 251 g/mol. The van der Waals surface area contributed by atoms with Gasteiger partial charge in [-0.2, -0.15) is 0 Å². The van der Waals surface area contributed by atoms with Gasteiger partial charge in [0, 0.05) is 24.9 Å². The van der Waals surface area contributed by atoms with Crippen LogP contribution in [0.3, 0.4) is 0 Å². The van der Waals surface area contributed by atoms with Gasteiger partial charge in [0.05, 0.1) is 0 Å². The molecule has 0 saturated heterocycles. The Labute approximate surface area is 110 Å². The first-order valence-electron chi connectivity index (χ1n) is 6.69. The van der Waals surface area contributed by atoms with Gasteiger partial charge in [-0.15, -0.1) is 0 Å². The molecule has 0 bridgehead atoms. The summed E-state index contributed by atoms with van der Waals surface area (Å²) in [5.41, 5.74) is 2.24. The van der Waals surface area contributed by atoms with E-state index in [0.29, 0.717) is 5.92 Å². The highest BCUT2D eigenvalue weighted by Crippen LogP contribution is 2.25. The van der Waals surface area contributed by atoms with Gasteiger partial charge in [-0.05, 0) is 26.2 Å². The molecule has 0 fully saturated rings. The Morgan fingerprint density at radius 3 is 2.33 bits per heavy atom. The minimum Gasteiger partial charge on any atom is -0.373 e. The quantitative estimate of drug-likeness (QED) is 0.844. The van der Waals surface area contributed by atoms with Crippen molar-refractivity contribution in [1.29, 1.82) is 0 Å². The van der Waals surface area contributed by atoms with Crippen LogP contribution < -0.4 is 5.32 Å². The lowest BCUT2D eigenvalue weighted by Crippen LogP contribution is -2.16. The van der Waals surface area contributed by atoms with Crippen molar-refractivity contribution < 1.29 is 4.74 Å². The molecule has 1 aromatic rings. The summed E-state index contributed by atoms with van der Waals surface area (Å²) >= 11 is 0. The summed E-state index contributed by atoms with van der Waals surface area (Å²) in [6, 6.07) is 0. The average molecular weight is 251 g/mol. The van der Waals surface area contributed by atoms with Crippen molar-refractivity contribution in [3.63, 3.8) is 0 Å². The lowest BCUT2D eigenvalue weighted by atomic mass is 10.1. The van der Waals surface area contributed by atoms with Crippen LogP contribution in [-0.2, 0) is 11.2 Å². The molecule has 0 aliphatic rings. The Bertz CT molecular complexity index is 391. The summed E-state index contributed by atoms with van der Waals surface area (Å²) in [5.74, 6) is 2.08. The number of rotatable bonds is 6. The normalized spacial score (nSPS) is 12.8. The first-order valence-corrected chi connectivity index (χ1v) is 6.69. The van der Waals surface area contributed by atoms with Gasteiger partial charge in [0.15, 0.2) is 5.82 Å². The second-order valence-electron chi connectivity index (χ2n) is 4.78. The molecular formula is C14H25N3O. The number of ether oxygens (including phenoxy) is 1. The summed E-state index contributed by atoms with van der Waals surface area (Å²) in [7, 11) is 1.71. The Morgan fingerprint density at radius 2 is 1.89 bits per heavy atom. The van der Waals surface area contributed by atoms with Crippen molar-refractivity contribution in [2.75, 3.05) is 19.0 Å². The molecule has 4 nitrogen and oxygen atoms in total. The van der Waals surface area contributed by atoms with Crippen LogP contribution in [0.4, 0.5) is 5.82 Å². The molecule has 18 heavy (non-hydrogen) atoms. The zero-order chi connectivity index (χ0) is 13.7. The maximum atomic E-state index is 5.51. The molecule has 0 saturated carbocycles. The lowest BCUT2D eigenvalue weighted by molar-refractivity contribution is 0.0574. The number of hydrogen-bond donors (Lipinski definition) is 1. The molecule has 0 aliphatic heterocycles. The van der Waals surface area contributed by atoms with Gasteiger partial charge >= 0.3 is 0 Å². The summed E-state index contributed by atoms with van der Waals surface area (Å²) in [6.07, 6.45) is 0.889. The third-order valence-electron chi connectivity index (χ3n) is 3.04. The molecule has 1 rings (SSSR count). The highest BCUT2D eigenvalue weighted by Gasteiger charge is 2.20. The summed E-state index contributed by atoms with van der Waals surface area (Å²) in [5, 5.41) is 3.32. The molecule has 0 radical (unpaired) electrons. The molecule has 0 spiro atoms. The smallest absolute Gasteiger partial charge is 0.159 e. The number of aromatic nitrogens is 2. The summed E-state index contributed by atoms with van der Waals surface area (Å²) in [4.78, 5) is 9.24. The average Bonchev–Trinajstić information content (AvgIpc) is 2.29. The minimum absolute atomic E-state index is 0.0491. The number of anilines is 1. The number of nitrogens with zero attached hydrogens (tertiary/aromatic N) is 2. The van der Waals surface area contributed by atoms with Crippen LogP contribution in [0.25, 0.3) is 0 Å². The molecule has 0 aliphatic carbocycles. The Balaban J connectivity index is 3.22. The van der Waals surface area contributed by atoms with E-state index in [1.165, 1.54) is 5.56 Å². The van der Waals surface area contributed by atoms with E-state index >= 15 is 0 Å². The molecule has 4 heteroatoms. The van der Waals surface area contributed by atoms with Crippen LogP contribution in [0.15, 0.2) is 0 Å². The van der Waals surface area contributed by atoms with E-state index in [1.54, 1.807) is 7.11 Å². The minimum atomic E-state index is -0.0491. The van der Waals surface area contributed by atoms with Crippen LogP contribution in [0.2, 0.25) is 0 Å². The topological polar surface area (TPSA) is 47.0 Å². The van der Waals surface area contributed by atoms with Crippen molar-refractivity contribution in [3.05, 3.63) is 17.1 Å². The van der Waals surface area contributed by atoms with Crippen LogP contribution >= 0.6 is 0 Å². The molecule has 0 amide bonds. The molecule has 0 aromatic carbocycles. The number of methoxy groups -OCH3 is 1. The van der Waals surface area contributed by atoms with E-state index < -0.39 is 0 Å². The van der Waals surface area contributed by atoms with Crippen molar-refractivity contribution in [1.82, 2.24) is 9.97 Å². The second kappa shape index (κ2) is 6.69. The summed E-state index contributed by atoms with van der Waals surface area (Å²) < 4.78 is 5.51. The van der Waals surface area contributed by atoms with Gasteiger partial charge in [-0.3, -0.25) is 0 Å². The van der Waals surface area contributed by atoms with Crippen LogP contribution in [0.5, 0.6) is 0 Å². The van der Waals surface area contributed by atoms with E-state index in [2.05, 4.69) is 43.0 Å². The Kier molecular flexibility index (Phi) is 5.54. The molecule has 1 heterocycles. The number of aryl methyl sites for hydroxylation is 1. The fraction of sp³-hybridized carbons (Fsp3) is 0.714. The Morgan fingerprint density at radius 1 is 1.22 bits per heavy atom. The van der Waals surface area contributed by atoms with Crippen LogP contribution in [0.1, 0.15) is 50.9 Å². The largest absolute Gasteiger partial charge is 0.373 e. The van der Waals surface area contributed by atoms with Gasteiger partial charge in [-0.25, -0.2) is 9.97 Å². The van der Waals surface area contributed by atoms with Crippen LogP contribution in [-0.4, -0.2) is 23.6 Å². The van der Waals surface area contributed by atoms with Crippen molar-refractivity contribution in [2.45, 2.75) is 47.1 Å². The van der Waals surface area contributed by atoms with Gasteiger partial charge < -0.3 is 10.1 Å². The van der Waals surface area contributed by atoms with Gasteiger partial charge in [0.2, 0.25) is 0 Å². The number of hydrogen-bond acceptors (Lipinski definition) is 4. The van der Waals surface area contributed by atoms with Gasteiger partial charge in [0.25, 0.3) is 0 Å². The first-order chi connectivity index (χ1) is 8.54. The molecule has 1 aromatic heterocycles. The molecule has 1 atom stereocenters. The standard InChI is InChI=1S/C14H25N3O/c1-7-11-10(5)16-14(12(18-6)9(3)4)17-13(11)15-8-2/h9,12H,7-8H2,1-6H3,(H,15,16,17). The van der Waals surface area contributed by atoms with E-state index in [-0.39, 0.29) is 6.10 Å². The van der Waals surface area contributed by atoms with Gasteiger partial charge in [-0.1, -0.05) is 20.8 Å². The first kappa shape index (κ1) is 14.9. The predicted octanol–water partition coefficient (Wildman–Crippen LogP) is 3.12. The fourth-order valence-corrected chi connectivity index (χ4v) is 2.16. The van der Waals surface area contributed by atoms with Crippen molar-refractivity contribution in [3.8, 4) is 0 Å². The highest BCUT2D eigenvalue weighted by atomic mass is 16.5. The third kappa shape index (κ3) is 3.19. The van der Waals surface area contributed by atoms with Crippen LogP contribution in [0, 0.1) is 12.8 Å². The zero-order valence-corrected chi connectivity index (χ0v) is 12.4. The van der Waals surface area contributed by atoms with E-state index in [9.17, 15) is 0 Å². The number of nitrogens with one attached hydrogen (secondary N) is 1. The van der Waals surface area contributed by atoms with E-state index in [4.69, 9.17) is 4.74 Å². The highest BCUT2D eigenvalue weighted by molar-refractivity contribution is 5.46. The van der Waals surface area contributed by atoms with Gasteiger partial charge in [0.1, 0.15) is 11.9 Å². The third-order valence-corrected chi connectivity index (χ3v) is 3.04. The second-order valence-corrected chi connectivity index (χ2v) is 4.78. The predicted molar refractivity (Wildman–Crippen MR) is 74.9 cm³/mol. The summed E-state index contributed by atoms with van der Waals surface area (Å²) in [6.45, 7) is 11.3. The van der Waals surface area contributed by atoms with E-state index in [1.807, 2.05) is 6.92 Å². The van der Waals surface area contributed by atoms with Crippen molar-refractivity contribution in [2.24, 2.45) is 5.92 Å². The molecule has 1 unspecified atom stereocenters. The zero-order valence-electron chi connectivity index (χ0n) is 12.4. The fourth-order valence-electron chi connectivity index (χ4n) is 2.16. The van der Waals surface area contributed by atoms with E-state index in [0.717, 1.165) is 30.3 Å². The Hall–Kier alpha value is -1.16. The maximum Gasteiger partial charge on any atom is 0.159 e.